The molecule has 1 aromatic carbocycles. The van der Waals surface area contributed by atoms with Gasteiger partial charge in [0.25, 0.3) is 5.91 Å². The van der Waals surface area contributed by atoms with E-state index in [1.54, 1.807) is 45.3 Å². The van der Waals surface area contributed by atoms with Crippen LogP contribution in [0, 0.1) is 0 Å². The van der Waals surface area contributed by atoms with Crippen LogP contribution in [0.5, 0.6) is 0 Å². The van der Waals surface area contributed by atoms with Crippen LogP contribution in [0.25, 0.3) is 0 Å². The molecular formula is C23H30N4O3. The summed E-state index contributed by atoms with van der Waals surface area (Å²) >= 11 is 0. The van der Waals surface area contributed by atoms with Crippen molar-refractivity contribution in [3.8, 4) is 0 Å². The second-order valence-corrected chi connectivity index (χ2v) is 8.48. The third-order valence-corrected chi connectivity index (χ3v) is 5.10. The van der Waals surface area contributed by atoms with Gasteiger partial charge in [0.1, 0.15) is 5.60 Å². The number of imide groups is 1. The van der Waals surface area contributed by atoms with E-state index >= 15 is 0 Å². The van der Waals surface area contributed by atoms with Crippen molar-refractivity contribution in [1.29, 1.82) is 0 Å². The van der Waals surface area contributed by atoms with Crippen molar-refractivity contribution in [1.82, 2.24) is 9.88 Å². The van der Waals surface area contributed by atoms with Crippen LogP contribution < -0.4 is 10.6 Å². The Morgan fingerprint density at radius 3 is 2.23 bits per heavy atom. The fourth-order valence-electron chi connectivity index (χ4n) is 3.57. The van der Waals surface area contributed by atoms with Crippen LogP contribution in [0.15, 0.2) is 48.8 Å². The van der Waals surface area contributed by atoms with Crippen LogP contribution in [-0.4, -0.2) is 46.6 Å². The first-order chi connectivity index (χ1) is 14.3. The van der Waals surface area contributed by atoms with Crippen LogP contribution in [-0.2, 0) is 11.3 Å². The maximum Gasteiger partial charge on any atom is 0.417 e. The Kier molecular flexibility index (Phi) is 6.72. The van der Waals surface area contributed by atoms with E-state index in [-0.39, 0.29) is 11.9 Å². The third kappa shape index (κ3) is 5.36. The van der Waals surface area contributed by atoms with Gasteiger partial charge in [0, 0.05) is 49.3 Å². The predicted molar refractivity (Wildman–Crippen MR) is 116 cm³/mol. The summed E-state index contributed by atoms with van der Waals surface area (Å²) < 4.78 is 5.58. The number of carbonyl (C=O) groups excluding carboxylic acids is 2. The van der Waals surface area contributed by atoms with E-state index in [0.29, 0.717) is 24.9 Å². The van der Waals surface area contributed by atoms with Crippen LogP contribution in [0.1, 0.15) is 49.5 Å². The molecule has 1 aromatic heterocycles. The predicted octanol–water partition coefficient (Wildman–Crippen LogP) is 3.59. The van der Waals surface area contributed by atoms with E-state index in [2.05, 4.69) is 9.88 Å². The highest BCUT2D eigenvalue weighted by atomic mass is 16.6. The maximum absolute atomic E-state index is 13.3. The minimum Gasteiger partial charge on any atom is -0.443 e. The molecule has 1 fully saturated rings. The molecule has 0 saturated carbocycles. The van der Waals surface area contributed by atoms with Gasteiger partial charge in [-0.25, -0.2) is 9.69 Å². The van der Waals surface area contributed by atoms with Crippen LogP contribution in [0.3, 0.4) is 0 Å². The second-order valence-electron chi connectivity index (χ2n) is 8.48. The molecule has 3 rings (SSSR count). The zero-order chi connectivity index (χ0) is 21.7. The van der Waals surface area contributed by atoms with Gasteiger partial charge in [0.15, 0.2) is 0 Å². The summed E-state index contributed by atoms with van der Waals surface area (Å²) in [6.07, 6.45) is 4.28. The summed E-state index contributed by atoms with van der Waals surface area (Å²) in [5.41, 5.74) is 7.45. The van der Waals surface area contributed by atoms with Gasteiger partial charge in [-0.15, -0.1) is 0 Å². The minimum absolute atomic E-state index is 0.223. The lowest BCUT2D eigenvalue weighted by Gasteiger charge is -2.38. The van der Waals surface area contributed by atoms with E-state index in [1.807, 2.05) is 24.3 Å². The average Bonchev–Trinajstić information content (AvgIpc) is 2.74. The number of aromatic nitrogens is 1. The molecule has 2 heterocycles. The molecule has 7 nitrogen and oxygen atoms in total. The fraction of sp³-hybridized carbons (Fsp3) is 0.435. The van der Waals surface area contributed by atoms with Crippen LogP contribution in [0.2, 0.25) is 0 Å². The number of anilines is 1. The molecule has 7 heteroatoms. The lowest BCUT2D eigenvalue weighted by atomic mass is 10.0. The SMILES string of the molecule is CC(C)(C)OC(=O)N(C(=O)c1ccc(CN)cc1)C1CCN(c2ccncc2)CC1. The monoisotopic (exact) mass is 410 g/mol. The number of ether oxygens (including phenoxy) is 1. The first-order valence-corrected chi connectivity index (χ1v) is 10.3. The summed E-state index contributed by atoms with van der Waals surface area (Å²) in [6.45, 7) is 7.29. The summed E-state index contributed by atoms with van der Waals surface area (Å²) in [5, 5.41) is 0. The number of rotatable bonds is 4. The molecule has 1 saturated heterocycles. The molecule has 2 N–H and O–H groups in total. The quantitative estimate of drug-likeness (QED) is 0.829. The fourth-order valence-corrected chi connectivity index (χ4v) is 3.57. The highest BCUT2D eigenvalue weighted by Crippen LogP contribution is 2.25. The lowest BCUT2D eigenvalue weighted by Crippen LogP contribution is -2.51. The Morgan fingerprint density at radius 1 is 1.10 bits per heavy atom. The summed E-state index contributed by atoms with van der Waals surface area (Å²) in [7, 11) is 0. The lowest BCUT2D eigenvalue weighted by molar-refractivity contribution is 0.0144. The molecule has 0 unspecified atom stereocenters. The van der Waals surface area contributed by atoms with Crippen molar-refractivity contribution in [2.75, 3.05) is 18.0 Å². The number of carbonyl (C=O) groups is 2. The van der Waals surface area contributed by atoms with Crippen molar-refractivity contribution in [3.63, 3.8) is 0 Å². The highest BCUT2D eigenvalue weighted by Gasteiger charge is 2.36. The summed E-state index contributed by atoms with van der Waals surface area (Å²) in [4.78, 5) is 33.9. The minimum atomic E-state index is -0.684. The van der Waals surface area contributed by atoms with Gasteiger partial charge in [0.2, 0.25) is 0 Å². The second kappa shape index (κ2) is 9.26. The molecule has 30 heavy (non-hydrogen) atoms. The molecular weight excluding hydrogens is 380 g/mol. The Labute approximate surface area is 177 Å². The molecule has 0 spiro atoms. The first kappa shape index (κ1) is 21.8. The summed E-state index contributed by atoms with van der Waals surface area (Å²) in [5.74, 6) is -0.338. The number of nitrogens with zero attached hydrogens (tertiary/aromatic N) is 3. The van der Waals surface area contributed by atoms with Crippen molar-refractivity contribution in [3.05, 3.63) is 59.9 Å². The van der Waals surface area contributed by atoms with Gasteiger partial charge in [-0.3, -0.25) is 9.78 Å². The Hall–Kier alpha value is -2.93. The smallest absolute Gasteiger partial charge is 0.417 e. The van der Waals surface area contributed by atoms with Crippen molar-refractivity contribution in [2.24, 2.45) is 5.73 Å². The van der Waals surface area contributed by atoms with Gasteiger partial charge in [-0.05, 0) is 63.4 Å². The molecule has 1 aliphatic heterocycles. The number of benzene rings is 1. The van der Waals surface area contributed by atoms with Gasteiger partial charge < -0.3 is 15.4 Å². The average molecular weight is 411 g/mol. The molecule has 0 atom stereocenters. The number of hydrogen-bond acceptors (Lipinski definition) is 6. The number of hydrogen-bond donors (Lipinski definition) is 1. The maximum atomic E-state index is 13.3. The number of pyridine rings is 1. The van der Waals surface area contributed by atoms with E-state index in [1.165, 1.54) is 4.90 Å². The molecule has 0 radical (unpaired) electrons. The molecule has 0 bridgehead atoms. The van der Waals surface area contributed by atoms with E-state index in [4.69, 9.17) is 10.5 Å². The normalized spacial score (nSPS) is 15.0. The number of nitrogens with two attached hydrogens (primary N) is 1. The first-order valence-electron chi connectivity index (χ1n) is 10.3. The van der Waals surface area contributed by atoms with Crippen LogP contribution >= 0.6 is 0 Å². The zero-order valence-electron chi connectivity index (χ0n) is 17.9. The molecule has 2 aromatic rings. The van der Waals surface area contributed by atoms with Gasteiger partial charge >= 0.3 is 6.09 Å². The Morgan fingerprint density at radius 2 is 1.70 bits per heavy atom. The van der Waals surface area contributed by atoms with E-state index < -0.39 is 11.7 Å². The Balaban J connectivity index is 1.79. The van der Waals surface area contributed by atoms with Crippen molar-refractivity contribution >= 4 is 17.7 Å². The van der Waals surface area contributed by atoms with E-state index in [9.17, 15) is 9.59 Å². The topological polar surface area (TPSA) is 88.8 Å². The Bertz CT molecular complexity index is 854. The molecule has 0 aliphatic carbocycles. The third-order valence-electron chi connectivity index (χ3n) is 5.10. The number of piperidine rings is 1. The van der Waals surface area contributed by atoms with Crippen molar-refractivity contribution < 1.29 is 14.3 Å². The van der Waals surface area contributed by atoms with Gasteiger partial charge in [-0.2, -0.15) is 0 Å². The van der Waals surface area contributed by atoms with Crippen LogP contribution in [0.4, 0.5) is 10.5 Å². The van der Waals surface area contributed by atoms with Crippen molar-refractivity contribution in [2.45, 2.75) is 51.8 Å². The standard InChI is InChI=1S/C23H30N4O3/c1-23(2,3)30-22(29)27(21(28)18-6-4-17(16-24)5-7-18)20-10-14-26(15-11-20)19-8-12-25-13-9-19/h4-9,12-13,20H,10-11,14-16,24H2,1-3H3. The number of amides is 2. The van der Waals surface area contributed by atoms with E-state index in [0.717, 1.165) is 24.3 Å². The molecule has 1 aliphatic rings. The zero-order valence-corrected chi connectivity index (χ0v) is 17.9. The largest absolute Gasteiger partial charge is 0.443 e. The summed E-state index contributed by atoms with van der Waals surface area (Å²) in [6, 6.07) is 10.8. The van der Waals surface area contributed by atoms with Gasteiger partial charge in [-0.1, -0.05) is 12.1 Å². The van der Waals surface area contributed by atoms with Gasteiger partial charge in [0.05, 0.1) is 0 Å². The molecule has 160 valence electrons. The highest BCUT2D eigenvalue weighted by molar-refractivity contribution is 6.03. The molecule has 2 amide bonds.